The predicted octanol–water partition coefficient (Wildman–Crippen LogP) is 3.02. The fourth-order valence-corrected chi connectivity index (χ4v) is 4.10. The van der Waals surface area contributed by atoms with E-state index in [9.17, 15) is 14.4 Å². The number of likely N-dealkylation sites (N-methyl/N-ethyl adjacent to an activating group) is 1. The molecule has 0 unspecified atom stereocenters. The minimum Gasteiger partial charge on any atom is -0.456 e. The summed E-state index contributed by atoms with van der Waals surface area (Å²) in [7, 11) is 1.70. The number of amides is 2. The van der Waals surface area contributed by atoms with Crippen molar-refractivity contribution in [3.05, 3.63) is 48.0 Å². The number of hydrogen-bond acceptors (Lipinski definition) is 5. The van der Waals surface area contributed by atoms with Crippen molar-refractivity contribution in [1.82, 2.24) is 10.2 Å². The van der Waals surface area contributed by atoms with Crippen LogP contribution < -0.4 is 5.32 Å². The van der Waals surface area contributed by atoms with E-state index in [0.717, 1.165) is 31.6 Å². The molecule has 3 rings (SSSR count). The summed E-state index contributed by atoms with van der Waals surface area (Å²) in [6.07, 6.45) is 6.60. The van der Waals surface area contributed by atoms with Gasteiger partial charge in [-0.05, 0) is 37.2 Å². The van der Waals surface area contributed by atoms with Gasteiger partial charge in [-0.15, -0.1) is 0 Å². The van der Waals surface area contributed by atoms with Crippen molar-refractivity contribution < 1.29 is 23.9 Å². The molecule has 0 spiro atoms. The lowest BCUT2D eigenvalue weighted by Gasteiger charge is -2.28. The molecule has 7 nitrogen and oxygen atoms in total. The first kappa shape index (κ1) is 24.0. The van der Waals surface area contributed by atoms with Crippen molar-refractivity contribution in [3.8, 4) is 0 Å². The van der Waals surface area contributed by atoms with Crippen LogP contribution in [0.4, 0.5) is 0 Å². The maximum Gasteiger partial charge on any atom is 0.306 e. The van der Waals surface area contributed by atoms with E-state index >= 15 is 0 Å². The van der Waals surface area contributed by atoms with Gasteiger partial charge in [-0.25, -0.2) is 0 Å². The Bertz CT molecular complexity index is 789. The number of carbonyl (C=O) groups is 3. The summed E-state index contributed by atoms with van der Waals surface area (Å²) in [5.74, 6) is -0.516. The molecule has 7 heteroatoms. The van der Waals surface area contributed by atoms with Gasteiger partial charge in [0.1, 0.15) is 6.10 Å². The second-order valence-electron chi connectivity index (χ2n) is 8.61. The molecule has 0 radical (unpaired) electrons. The largest absolute Gasteiger partial charge is 0.456 e. The molecule has 1 aromatic rings. The maximum absolute atomic E-state index is 13.2. The molecular formula is C25H34N2O5. The fraction of sp³-hybridized carbons (Fsp3) is 0.560. The summed E-state index contributed by atoms with van der Waals surface area (Å²) in [5.41, 5.74) is 0.846. The van der Waals surface area contributed by atoms with Gasteiger partial charge in [0.25, 0.3) is 0 Å². The molecule has 0 aliphatic carbocycles. The zero-order valence-electron chi connectivity index (χ0n) is 18.8. The second kappa shape index (κ2) is 12.4. The topological polar surface area (TPSA) is 84.9 Å². The number of benzene rings is 1. The van der Waals surface area contributed by atoms with Gasteiger partial charge in [-0.1, -0.05) is 42.5 Å². The molecule has 0 bridgehead atoms. The molecule has 1 aromatic carbocycles. The number of carbonyl (C=O) groups excluding carboxylic acids is 3. The maximum atomic E-state index is 13.2. The van der Waals surface area contributed by atoms with Crippen molar-refractivity contribution in [1.29, 1.82) is 0 Å². The van der Waals surface area contributed by atoms with Crippen molar-refractivity contribution in [2.45, 2.75) is 44.6 Å². The highest BCUT2D eigenvalue weighted by Gasteiger charge is 2.28. The van der Waals surface area contributed by atoms with Crippen LogP contribution in [0.3, 0.4) is 0 Å². The number of nitrogens with zero attached hydrogens (tertiary/aromatic N) is 1. The number of hydrogen-bond donors (Lipinski definition) is 1. The fourth-order valence-electron chi connectivity index (χ4n) is 4.10. The Hall–Kier alpha value is -2.67. The number of rotatable bonds is 5. The molecule has 2 atom stereocenters. The normalized spacial score (nSPS) is 24.7. The molecule has 1 saturated heterocycles. The Labute approximate surface area is 190 Å². The van der Waals surface area contributed by atoms with Crippen LogP contribution in [-0.2, 0) is 23.9 Å². The standard InChI is InChI=1S/C25H34N2O5/c1-27-18-22(20-8-4-2-5-9-20)32-24(29)11-7-3-6-10-21(25(27)30)16-23(28)26-17-19-12-14-31-15-13-19/h2-6,8-9,19,21-22H,7,10-18H2,1H3,(H,26,28)/b6-3-/t21-,22-/m0/s1. The quantitative estimate of drug-likeness (QED) is 0.560. The Balaban J connectivity index is 1.65. The Morgan fingerprint density at radius 2 is 1.88 bits per heavy atom. The summed E-state index contributed by atoms with van der Waals surface area (Å²) in [6.45, 7) is 2.36. The van der Waals surface area contributed by atoms with Gasteiger partial charge in [0.15, 0.2) is 0 Å². The zero-order chi connectivity index (χ0) is 22.8. The number of cyclic esters (lactones) is 1. The van der Waals surface area contributed by atoms with Gasteiger partial charge in [0, 0.05) is 39.6 Å². The molecule has 0 aromatic heterocycles. The van der Waals surface area contributed by atoms with E-state index in [1.165, 1.54) is 0 Å². The predicted molar refractivity (Wildman–Crippen MR) is 121 cm³/mol. The lowest BCUT2D eigenvalue weighted by molar-refractivity contribution is -0.152. The molecule has 1 fully saturated rings. The monoisotopic (exact) mass is 442 g/mol. The SMILES string of the molecule is CN1C[C@@H](c2ccccc2)OC(=O)CC/C=C\C[C@@H](CC(=O)NCC2CCOCC2)C1=O. The Morgan fingerprint density at radius 1 is 1.12 bits per heavy atom. The third kappa shape index (κ3) is 7.48. The smallest absolute Gasteiger partial charge is 0.306 e. The average Bonchev–Trinajstić information content (AvgIpc) is 2.81. The van der Waals surface area contributed by atoms with Gasteiger partial charge in [-0.2, -0.15) is 0 Å². The first-order valence-corrected chi connectivity index (χ1v) is 11.5. The zero-order valence-corrected chi connectivity index (χ0v) is 18.8. The first-order valence-electron chi connectivity index (χ1n) is 11.5. The van der Waals surface area contributed by atoms with Crippen molar-refractivity contribution in [2.75, 3.05) is 33.4 Å². The summed E-state index contributed by atoms with van der Waals surface area (Å²) >= 11 is 0. The summed E-state index contributed by atoms with van der Waals surface area (Å²) in [5, 5.41) is 3.00. The van der Waals surface area contributed by atoms with Crippen LogP contribution in [-0.4, -0.2) is 56.0 Å². The number of ether oxygens (including phenoxy) is 2. The van der Waals surface area contributed by atoms with Crippen LogP contribution >= 0.6 is 0 Å². The molecular weight excluding hydrogens is 408 g/mol. The van der Waals surface area contributed by atoms with Crippen LogP contribution in [0, 0.1) is 11.8 Å². The van der Waals surface area contributed by atoms with E-state index in [-0.39, 0.29) is 37.2 Å². The summed E-state index contributed by atoms with van der Waals surface area (Å²) < 4.78 is 11.1. The highest BCUT2D eigenvalue weighted by Crippen LogP contribution is 2.23. The van der Waals surface area contributed by atoms with E-state index in [1.54, 1.807) is 11.9 Å². The molecule has 2 aliphatic heterocycles. The van der Waals surface area contributed by atoms with E-state index in [4.69, 9.17) is 9.47 Å². The highest BCUT2D eigenvalue weighted by molar-refractivity contribution is 5.86. The molecule has 2 aliphatic rings. The van der Waals surface area contributed by atoms with E-state index in [0.29, 0.717) is 25.3 Å². The van der Waals surface area contributed by atoms with Gasteiger partial charge >= 0.3 is 5.97 Å². The van der Waals surface area contributed by atoms with Crippen LogP contribution in [0.2, 0.25) is 0 Å². The van der Waals surface area contributed by atoms with Gasteiger partial charge < -0.3 is 19.7 Å². The third-order valence-corrected chi connectivity index (χ3v) is 6.07. The lowest BCUT2D eigenvalue weighted by atomic mass is 9.97. The molecule has 0 saturated carbocycles. The van der Waals surface area contributed by atoms with E-state index in [1.807, 2.05) is 42.5 Å². The second-order valence-corrected chi connectivity index (χ2v) is 8.61. The van der Waals surface area contributed by atoms with E-state index < -0.39 is 12.0 Å². The Morgan fingerprint density at radius 3 is 2.62 bits per heavy atom. The first-order chi connectivity index (χ1) is 15.5. The number of esters is 1. The van der Waals surface area contributed by atoms with Crippen molar-refractivity contribution >= 4 is 17.8 Å². The highest BCUT2D eigenvalue weighted by atomic mass is 16.5. The molecule has 174 valence electrons. The Kier molecular flexibility index (Phi) is 9.28. The number of nitrogens with one attached hydrogen (secondary N) is 1. The van der Waals surface area contributed by atoms with Crippen LogP contribution in [0.15, 0.2) is 42.5 Å². The minimum atomic E-state index is -0.538. The van der Waals surface area contributed by atoms with Crippen molar-refractivity contribution in [3.63, 3.8) is 0 Å². The van der Waals surface area contributed by atoms with Gasteiger partial charge in [0.05, 0.1) is 12.5 Å². The van der Waals surface area contributed by atoms with E-state index in [2.05, 4.69) is 5.32 Å². The molecule has 1 N–H and O–H groups in total. The van der Waals surface area contributed by atoms with Crippen LogP contribution in [0.25, 0.3) is 0 Å². The van der Waals surface area contributed by atoms with Crippen molar-refractivity contribution in [2.24, 2.45) is 11.8 Å². The van der Waals surface area contributed by atoms with Crippen LogP contribution in [0.5, 0.6) is 0 Å². The number of allylic oxidation sites excluding steroid dienone is 2. The molecule has 2 heterocycles. The third-order valence-electron chi connectivity index (χ3n) is 6.07. The molecule has 32 heavy (non-hydrogen) atoms. The van der Waals surface area contributed by atoms with Gasteiger partial charge in [-0.3, -0.25) is 14.4 Å². The van der Waals surface area contributed by atoms with Gasteiger partial charge in [0.2, 0.25) is 11.8 Å². The molecule has 2 amide bonds. The average molecular weight is 443 g/mol. The lowest BCUT2D eigenvalue weighted by Crippen LogP contribution is -2.40. The summed E-state index contributed by atoms with van der Waals surface area (Å²) in [4.78, 5) is 39.7. The van der Waals surface area contributed by atoms with Crippen LogP contribution in [0.1, 0.15) is 50.2 Å². The summed E-state index contributed by atoms with van der Waals surface area (Å²) in [6, 6.07) is 9.45. The minimum absolute atomic E-state index is 0.102.